The van der Waals surface area contributed by atoms with Crippen LogP contribution in [-0.4, -0.2) is 17.6 Å². The Bertz CT molecular complexity index is 661. The quantitative estimate of drug-likeness (QED) is 0.882. The van der Waals surface area contributed by atoms with E-state index in [1.54, 1.807) is 0 Å². The molecule has 2 rings (SSSR count). The third-order valence-electron chi connectivity index (χ3n) is 3.28. The van der Waals surface area contributed by atoms with E-state index in [4.69, 9.17) is 5.73 Å². The molecule has 1 aromatic carbocycles. The number of aryl methyl sites for hydroxylation is 1. The van der Waals surface area contributed by atoms with Gasteiger partial charge in [0, 0.05) is 12.3 Å². The number of nitrogens with one attached hydrogen (secondary N) is 1. The van der Waals surface area contributed by atoms with Gasteiger partial charge in [-0.05, 0) is 18.1 Å². The summed E-state index contributed by atoms with van der Waals surface area (Å²) in [5.74, 6) is -0.895. The highest BCUT2D eigenvalue weighted by Crippen LogP contribution is 2.36. The second-order valence-electron chi connectivity index (χ2n) is 4.77. The number of carbonyl (C=O) groups is 2. The number of primary amides is 1. The average molecular weight is 301 g/mol. The summed E-state index contributed by atoms with van der Waals surface area (Å²) in [4.78, 5) is 22.8. The summed E-state index contributed by atoms with van der Waals surface area (Å²) in [5.41, 5.74) is 7.60. The topological polar surface area (TPSA) is 96.0 Å². The van der Waals surface area contributed by atoms with Gasteiger partial charge in [-0.3, -0.25) is 9.59 Å². The van der Waals surface area contributed by atoms with Crippen LogP contribution in [0.4, 0.5) is 0 Å². The monoisotopic (exact) mass is 301 g/mol. The highest BCUT2D eigenvalue weighted by Gasteiger charge is 2.30. The molecule has 3 N–H and O–H groups in total. The minimum absolute atomic E-state index is 0.0291. The molecule has 0 aliphatic carbocycles. The van der Waals surface area contributed by atoms with Crippen molar-refractivity contribution in [2.45, 2.75) is 19.3 Å². The molecule has 0 saturated heterocycles. The van der Waals surface area contributed by atoms with Gasteiger partial charge >= 0.3 is 0 Å². The third kappa shape index (κ3) is 3.44. The van der Waals surface area contributed by atoms with Gasteiger partial charge in [-0.25, -0.2) is 0 Å². The van der Waals surface area contributed by atoms with Gasteiger partial charge in [-0.1, -0.05) is 36.0 Å². The number of rotatable bonds is 4. The molecule has 1 atom stereocenters. The molecule has 6 heteroatoms. The first-order valence-electron chi connectivity index (χ1n) is 6.43. The van der Waals surface area contributed by atoms with Crippen LogP contribution in [0.1, 0.15) is 23.5 Å². The molecule has 1 aliphatic heterocycles. The first-order valence-corrected chi connectivity index (χ1v) is 7.42. The first kappa shape index (κ1) is 15.1. The molecule has 0 spiro atoms. The number of amides is 2. The molecular weight excluding hydrogens is 286 g/mol. The minimum atomic E-state index is -0.489. The van der Waals surface area contributed by atoms with Crippen molar-refractivity contribution in [3.8, 4) is 6.07 Å². The Morgan fingerprint density at radius 1 is 1.52 bits per heavy atom. The second-order valence-corrected chi connectivity index (χ2v) is 5.76. The van der Waals surface area contributed by atoms with Gasteiger partial charge in [-0.15, -0.1) is 0 Å². The summed E-state index contributed by atoms with van der Waals surface area (Å²) in [7, 11) is 0. The fraction of sp³-hybridized carbons (Fsp3) is 0.267. The molecule has 108 valence electrons. The fourth-order valence-corrected chi connectivity index (χ4v) is 3.14. The van der Waals surface area contributed by atoms with Crippen LogP contribution in [0.3, 0.4) is 0 Å². The number of hydrogen-bond donors (Lipinski definition) is 2. The van der Waals surface area contributed by atoms with Crippen molar-refractivity contribution in [1.82, 2.24) is 5.32 Å². The molecular formula is C15H15N3O2S. The van der Waals surface area contributed by atoms with Crippen LogP contribution in [-0.2, 0) is 9.59 Å². The van der Waals surface area contributed by atoms with E-state index in [0.717, 1.165) is 22.9 Å². The number of nitriles is 1. The van der Waals surface area contributed by atoms with Crippen LogP contribution >= 0.6 is 11.8 Å². The summed E-state index contributed by atoms with van der Waals surface area (Å²) in [6, 6.07) is 9.85. The van der Waals surface area contributed by atoms with Crippen LogP contribution in [0.5, 0.6) is 0 Å². The van der Waals surface area contributed by atoms with Crippen molar-refractivity contribution in [1.29, 1.82) is 5.26 Å². The Labute approximate surface area is 127 Å². The van der Waals surface area contributed by atoms with Gasteiger partial charge in [0.2, 0.25) is 11.8 Å². The van der Waals surface area contributed by atoms with E-state index in [2.05, 4.69) is 11.4 Å². The number of carbonyl (C=O) groups excluding carboxylic acids is 2. The summed E-state index contributed by atoms with van der Waals surface area (Å²) < 4.78 is 0. The molecule has 0 saturated carbocycles. The summed E-state index contributed by atoms with van der Waals surface area (Å²) in [6.45, 7) is 1.95. The zero-order valence-electron chi connectivity index (χ0n) is 11.6. The zero-order valence-corrected chi connectivity index (χ0v) is 12.4. The van der Waals surface area contributed by atoms with Crippen molar-refractivity contribution < 1.29 is 9.59 Å². The Kier molecular flexibility index (Phi) is 4.66. The molecule has 0 radical (unpaired) electrons. The molecule has 0 bridgehead atoms. The smallest absolute Gasteiger partial charge is 0.227 e. The van der Waals surface area contributed by atoms with Crippen molar-refractivity contribution in [3.63, 3.8) is 0 Å². The Hall–Kier alpha value is -2.26. The Balaban J connectivity index is 2.42. The molecule has 0 unspecified atom stereocenters. The lowest BCUT2D eigenvalue weighted by atomic mass is 9.85. The fourth-order valence-electron chi connectivity index (χ4n) is 2.32. The predicted molar refractivity (Wildman–Crippen MR) is 81.0 cm³/mol. The number of nitrogens with two attached hydrogens (primary N) is 1. The predicted octanol–water partition coefficient (Wildman–Crippen LogP) is 1.55. The lowest BCUT2D eigenvalue weighted by Gasteiger charge is -2.25. The van der Waals surface area contributed by atoms with E-state index >= 15 is 0 Å². The molecule has 1 aromatic rings. The zero-order chi connectivity index (χ0) is 15.4. The van der Waals surface area contributed by atoms with Crippen molar-refractivity contribution in [3.05, 3.63) is 46.0 Å². The van der Waals surface area contributed by atoms with Gasteiger partial charge in [0.15, 0.2) is 0 Å². The van der Waals surface area contributed by atoms with Crippen molar-refractivity contribution in [2.24, 2.45) is 5.73 Å². The maximum Gasteiger partial charge on any atom is 0.227 e. The molecule has 5 nitrogen and oxygen atoms in total. The van der Waals surface area contributed by atoms with E-state index < -0.39 is 5.91 Å². The summed E-state index contributed by atoms with van der Waals surface area (Å²) >= 11 is 1.10. The lowest BCUT2D eigenvalue weighted by molar-refractivity contribution is -0.121. The molecule has 0 aromatic heterocycles. The van der Waals surface area contributed by atoms with E-state index in [-0.39, 0.29) is 24.0 Å². The van der Waals surface area contributed by atoms with E-state index in [9.17, 15) is 14.9 Å². The standard InChI is InChI=1S/C15H15N3O2S/c1-9-4-2-3-5-10(9)11-6-14(20)18-15(12(11)7-16)21-8-13(17)19/h2-5,11H,6,8H2,1H3,(H2,17,19)(H,18,20)/t11-/m1/s1. The van der Waals surface area contributed by atoms with Gasteiger partial charge in [0.05, 0.1) is 22.4 Å². The van der Waals surface area contributed by atoms with Crippen LogP contribution < -0.4 is 11.1 Å². The third-order valence-corrected chi connectivity index (χ3v) is 4.32. The molecule has 1 heterocycles. The molecule has 2 amide bonds. The highest BCUT2D eigenvalue weighted by atomic mass is 32.2. The van der Waals surface area contributed by atoms with Crippen molar-refractivity contribution >= 4 is 23.6 Å². The Morgan fingerprint density at radius 3 is 2.86 bits per heavy atom. The van der Waals surface area contributed by atoms with E-state index in [1.165, 1.54) is 0 Å². The number of nitrogens with zero attached hydrogens (tertiary/aromatic N) is 1. The van der Waals surface area contributed by atoms with Crippen LogP contribution in [0.15, 0.2) is 34.9 Å². The molecule has 1 aliphatic rings. The second kappa shape index (κ2) is 6.46. The van der Waals surface area contributed by atoms with Gasteiger partial charge in [0.25, 0.3) is 0 Å². The largest absolute Gasteiger partial charge is 0.369 e. The first-order chi connectivity index (χ1) is 10.0. The highest BCUT2D eigenvalue weighted by molar-refractivity contribution is 8.03. The maximum absolute atomic E-state index is 11.9. The number of hydrogen-bond acceptors (Lipinski definition) is 4. The Morgan fingerprint density at radius 2 is 2.24 bits per heavy atom. The van der Waals surface area contributed by atoms with Crippen molar-refractivity contribution in [2.75, 3.05) is 5.75 Å². The average Bonchev–Trinajstić information content (AvgIpc) is 2.45. The number of benzene rings is 1. The number of allylic oxidation sites excluding steroid dienone is 1. The number of thioether (sulfide) groups is 1. The van der Waals surface area contributed by atoms with Gasteiger partial charge in [-0.2, -0.15) is 5.26 Å². The van der Waals surface area contributed by atoms with E-state index in [1.807, 2.05) is 31.2 Å². The normalized spacial score (nSPS) is 18.1. The van der Waals surface area contributed by atoms with Gasteiger partial charge in [0.1, 0.15) is 0 Å². The maximum atomic E-state index is 11.9. The summed E-state index contributed by atoms with van der Waals surface area (Å²) in [6.07, 6.45) is 0.231. The van der Waals surface area contributed by atoms with Crippen LogP contribution in [0, 0.1) is 18.3 Å². The lowest BCUT2D eigenvalue weighted by Crippen LogP contribution is -2.31. The van der Waals surface area contributed by atoms with E-state index in [0.29, 0.717) is 10.6 Å². The minimum Gasteiger partial charge on any atom is -0.369 e. The van der Waals surface area contributed by atoms with Crippen LogP contribution in [0.2, 0.25) is 0 Å². The molecule has 21 heavy (non-hydrogen) atoms. The summed E-state index contributed by atoms with van der Waals surface area (Å²) in [5, 5.41) is 12.5. The van der Waals surface area contributed by atoms with Gasteiger partial charge < -0.3 is 11.1 Å². The SMILES string of the molecule is Cc1ccccc1[C@H]1CC(=O)NC(SCC(N)=O)=C1C#N. The molecule has 0 fully saturated rings. The van der Waals surface area contributed by atoms with Crippen LogP contribution in [0.25, 0.3) is 0 Å².